The lowest BCUT2D eigenvalue weighted by Gasteiger charge is -2.32. The maximum Gasteiger partial charge on any atom is 0.248 e. The number of morpholine rings is 1. The maximum absolute atomic E-state index is 12.7. The van der Waals surface area contributed by atoms with Crippen molar-refractivity contribution in [2.24, 2.45) is 5.73 Å². The summed E-state index contributed by atoms with van der Waals surface area (Å²) in [6, 6.07) is 16.3. The van der Waals surface area contributed by atoms with E-state index in [1.54, 1.807) is 24.3 Å². The van der Waals surface area contributed by atoms with Crippen LogP contribution in [0.4, 0.5) is 5.69 Å². The smallest absolute Gasteiger partial charge is 0.248 e. The van der Waals surface area contributed by atoms with E-state index < -0.39 is 11.9 Å². The number of benzene rings is 2. The molecule has 0 saturated carbocycles. The number of nitrogens with one attached hydrogen (secondary N) is 2. The van der Waals surface area contributed by atoms with Crippen molar-refractivity contribution >= 4 is 17.5 Å². The molecule has 2 aromatic carbocycles. The number of primary amides is 1. The van der Waals surface area contributed by atoms with Gasteiger partial charge in [0.15, 0.2) is 0 Å². The van der Waals surface area contributed by atoms with Crippen LogP contribution in [0.15, 0.2) is 54.6 Å². The molecule has 4 N–H and O–H groups in total. The molecule has 0 aliphatic carbocycles. The van der Waals surface area contributed by atoms with Crippen LogP contribution in [0, 0.1) is 0 Å². The number of hydrogen-bond donors (Lipinski definition) is 3. The fraction of sp³-hybridized carbons (Fsp3) is 0.364. The van der Waals surface area contributed by atoms with Gasteiger partial charge in [0.1, 0.15) is 0 Å². The zero-order chi connectivity index (χ0) is 20.6. The quantitative estimate of drug-likeness (QED) is 0.632. The zero-order valence-corrected chi connectivity index (χ0v) is 16.6. The van der Waals surface area contributed by atoms with E-state index in [4.69, 9.17) is 10.5 Å². The summed E-state index contributed by atoms with van der Waals surface area (Å²) in [5.74, 6) is -0.633. The molecule has 7 heteroatoms. The average molecular weight is 396 g/mol. The Balaban J connectivity index is 1.64. The van der Waals surface area contributed by atoms with Crippen LogP contribution in [0.25, 0.3) is 0 Å². The Labute approximate surface area is 171 Å². The molecule has 0 bridgehead atoms. The minimum atomic E-state index is -0.494. The molecule has 2 atom stereocenters. The van der Waals surface area contributed by atoms with E-state index in [2.05, 4.69) is 27.7 Å². The van der Waals surface area contributed by atoms with Crippen LogP contribution in [0.5, 0.6) is 0 Å². The average Bonchev–Trinajstić information content (AvgIpc) is 2.75. The van der Waals surface area contributed by atoms with E-state index in [9.17, 15) is 9.59 Å². The number of amides is 2. The summed E-state index contributed by atoms with van der Waals surface area (Å²) in [6.45, 7) is 5.90. The van der Waals surface area contributed by atoms with Crippen molar-refractivity contribution in [3.8, 4) is 0 Å². The van der Waals surface area contributed by atoms with Crippen LogP contribution in [-0.2, 0) is 9.53 Å². The lowest BCUT2D eigenvalue weighted by molar-refractivity contribution is -0.118. The normalized spacial score (nSPS) is 16.7. The molecule has 1 saturated heterocycles. The van der Waals surface area contributed by atoms with Gasteiger partial charge in [-0.2, -0.15) is 0 Å². The van der Waals surface area contributed by atoms with Crippen molar-refractivity contribution < 1.29 is 14.3 Å². The van der Waals surface area contributed by atoms with Crippen LogP contribution in [0.3, 0.4) is 0 Å². The molecule has 3 rings (SSSR count). The Morgan fingerprint density at radius 3 is 2.34 bits per heavy atom. The van der Waals surface area contributed by atoms with E-state index in [-0.39, 0.29) is 11.9 Å². The predicted molar refractivity (Wildman–Crippen MR) is 113 cm³/mol. The third-order valence-electron chi connectivity index (χ3n) is 5.03. The third-order valence-corrected chi connectivity index (χ3v) is 5.03. The molecule has 2 aromatic rings. The van der Waals surface area contributed by atoms with Gasteiger partial charge in [-0.05, 0) is 36.8 Å². The van der Waals surface area contributed by atoms with E-state index >= 15 is 0 Å². The second-order valence-corrected chi connectivity index (χ2v) is 7.20. The van der Waals surface area contributed by atoms with Crippen LogP contribution < -0.4 is 16.4 Å². The van der Waals surface area contributed by atoms with Gasteiger partial charge in [0, 0.05) is 36.9 Å². The number of hydrogen-bond acceptors (Lipinski definition) is 5. The van der Waals surface area contributed by atoms with Gasteiger partial charge in [-0.3, -0.25) is 19.8 Å². The molecule has 0 unspecified atom stereocenters. The summed E-state index contributed by atoms with van der Waals surface area (Å²) in [5.41, 5.74) is 7.42. The van der Waals surface area contributed by atoms with Crippen LogP contribution in [0.2, 0.25) is 0 Å². The molecular formula is C22H28N4O3. The highest BCUT2D eigenvalue weighted by molar-refractivity contribution is 5.96. The van der Waals surface area contributed by atoms with E-state index in [0.29, 0.717) is 11.3 Å². The minimum Gasteiger partial charge on any atom is -0.379 e. The number of ether oxygens (including phenoxy) is 1. The summed E-state index contributed by atoms with van der Waals surface area (Å²) in [4.78, 5) is 26.2. The number of nitrogens with zero attached hydrogens (tertiary/aromatic N) is 1. The second kappa shape index (κ2) is 10.2. The van der Waals surface area contributed by atoms with Crippen molar-refractivity contribution in [3.63, 3.8) is 0 Å². The summed E-state index contributed by atoms with van der Waals surface area (Å²) in [5, 5.41) is 6.34. The molecule has 7 nitrogen and oxygen atoms in total. The molecule has 0 radical (unpaired) electrons. The zero-order valence-electron chi connectivity index (χ0n) is 16.6. The van der Waals surface area contributed by atoms with Crippen LogP contribution >= 0.6 is 0 Å². The number of carbonyl (C=O) groups is 2. The molecule has 154 valence electrons. The maximum atomic E-state index is 12.7. The van der Waals surface area contributed by atoms with Crippen molar-refractivity contribution in [2.45, 2.75) is 19.0 Å². The summed E-state index contributed by atoms with van der Waals surface area (Å²) < 4.78 is 5.44. The van der Waals surface area contributed by atoms with Crippen LogP contribution in [-0.4, -0.2) is 55.6 Å². The Hall–Kier alpha value is -2.74. The first-order valence-electron chi connectivity index (χ1n) is 9.85. The number of anilines is 1. The molecule has 2 amide bonds. The Morgan fingerprint density at radius 2 is 1.72 bits per heavy atom. The van der Waals surface area contributed by atoms with Gasteiger partial charge in [0.05, 0.1) is 19.3 Å². The number of rotatable bonds is 8. The minimum absolute atomic E-state index is 0.0206. The van der Waals surface area contributed by atoms with Gasteiger partial charge >= 0.3 is 0 Å². The molecule has 0 aromatic heterocycles. The largest absolute Gasteiger partial charge is 0.379 e. The second-order valence-electron chi connectivity index (χ2n) is 7.20. The van der Waals surface area contributed by atoms with E-state index in [0.717, 1.165) is 38.4 Å². The van der Waals surface area contributed by atoms with Gasteiger partial charge < -0.3 is 15.8 Å². The Kier molecular flexibility index (Phi) is 7.35. The highest BCUT2D eigenvalue weighted by Crippen LogP contribution is 2.17. The number of carbonyl (C=O) groups excluding carboxylic acids is 2. The summed E-state index contributed by atoms with van der Waals surface area (Å²) >= 11 is 0. The molecule has 0 spiro atoms. The van der Waals surface area contributed by atoms with Gasteiger partial charge in [-0.25, -0.2) is 0 Å². The molecule has 1 aliphatic rings. The van der Waals surface area contributed by atoms with Crippen molar-refractivity contribution in [1.29, 1.82) is 0 Å². The van der Waals surface area contributed by atoms with Crippen molar-refractivity contribution in [1.82, 2.24) is 10.2 Å². The summed E-state index contributed by atoms with van der Waals surface area (Å²) in [7, 11) is 0. The SMILES string of the molecule is C[C@H](N[C@@H](CN1CCOCC1)c1ccccc1)C(=O)Nc1ccc(C(N)=O)cc1. The number of nitrogens with two attached hydrogens (primary N) is 1. The molecule has 1 aliphatic heterocycles. The first kappa shape index (κ1) is 21.0. The van der Waals surface area contributed by atoms with Crippen LogP contribution in [0.1, 0.15) is 28.9 Å². The summed E-state index contributed by atoms with van der Waals surface area (Å²) in [6.07, 6.45) is 0. The van der Waals surface area contributed by atoms with Gasteiger partial charge in [-0.15, -0.1) is 0 Å². The van der Waals surface area contributed by atoms with Gasteiger partial charge in [0.25, 0.3) is 0 Å². The lowest BCUT2D eigenvalue weighted by atomic mass is 10.0. The topological polar surface area (TPSA) is 96.7 Å². The van der Waals surface area contributed by atoms with E-state index in [1.807, 2.05) is 25.1 Å². The molecular weight excluding hydrogens is 368 g/mol. The fourth-order valence-electron chi connectivity index (χ4n) is 3.33. The van der Waals surface area contributed by atoms with Crippen molar-refractivity contribution in [3.05, 3.63) is 65.7 Å². The molecule has 1 fully saturated rings. The first-order chi connectivity index (χ1) is 14.0. The first-order valence-corrected chi connectivity index (χ1v) is 9.85. The Bertz CT molecular complexity index is 805. The highest BCUT2D eigenvalue weighted by atomic mass is 16.5. The van der Waals surface area contributed by atoms with Gasteiger partial charge in [-0.1, -0.05) is 30.3 Å². The Morgan fingerprint density at radius 1 is 1.07 bits per heavy atom. The standard InChI is InChI=1S/C22H28N4O3/c1-16(22(28)25-19-9-7-18(8-10-19)21(23)27)24-20(17-5-3-2-4-6-17)15-26-11-13-29-14-12-26/h2-10,16,20,24H,11-15H2,1H3,(H2,23,27)(H,25,28)/t16-,20-/m0/s1. The third kappa shape index (κ3) is 6.12. The van der Waals surface area contributed by atoms with Gasteiger partial charge in [0.2, 0.25) is 11.8 Å². The van der Waals surface area contributed by atoms with Crippen molar-refractivity contribution in [2.75, 3.05) is 38.2 Å². The highest BCUT2D eigenvalue weighted by Gasteiger charge is 2.22. The molecule has 29 heavy (non-hydrogen) atoms. The lowest BCUT2D eigenvalue weighted by Crippen LogP contribution is -2.46. The molecule has 1 heterocycles. The monoisotopic (exact) mass is 396 g/mol. The fourth-order valence-corrected chi connectivity index (χ4v) is 3.33. The van der Waals surface area contributed by atoms with E-state index in [1.165, 1.54) is 0 Å². The predicted octanol–water partition coefficient (Wildman–Crippen LogP) is 1.78.